The monoisotopic (exact) mass is 409 g/mol. The number of methoxy groups -OCH3 is 1. The number of pyridine rings is 1. The number of esters is 1. The van der Waals surface area contributed by atoms with Gasteiger partial charge in [0.15, 0.2) is 5.76 Å². The smallest absolute Gasteiger partial charge is 0.341 e. The highest BCUT2D eigenvalue weighted by Gasteiger charge is 2.24. The molecule has 1 amide bonds. The molecule has 0 saturated carbocycles. The van der Waals surface area contributed by atoms with E-state index in [-0.39, 0.29) is 18.2 Å². The first-order valence-electron chi connectivity index (χ1n) is 9.13. The molecular formula is C21H19N3O6. The van der Waals surface area contributed by atoms with Gasteiger partial charge in [-0.3, -0.25) is 4.79 Å². The summed E-state index contributed by atoms with van der Waals surface area (Å²) in [5, 5.41) is 4.47. The van der Waals surface area contributed by atoms with Gasteiger partial charge in [0.1, 0.15) is 22.8 Å². The predicted molar refractivity (Wildman–Crippen MR) is 105 cm³/mol. The summed E-state index contributed by atoms with van der Waals surface area (Å²) in [5.74, 6) is 0.624. The zero-order chi connectivity index (χ0) is 21.4. The Morgan fingerprint density at radius 2 is 2.00 bits per heavy atom. The number of aryl methyl sites for hydroxylation is 2. The summed E-state index contributed by atoms with van der Waals surface area (Å²) in [7, 11) is 2.94. The van der Waals surface area contributed by atoms with E-state index in [4.69, 9.17) is 18.1 Å². The second-order valence-corrected chi connectivity index (χ2v) is 6.82. The van der Waals surface area contributed by atoms with Crippen molar-refractivity contribution in [2.24, 2.45) is 0 Å². The lowest BCUT2D eigenvalue weighted by Crippen LogP contribution is -2.26. The molecule has 0 unspecified atom stereocenters. The molecule has 0 radical (unpaired) electrons. The highest BCUT2D eigenvalue weighted by molar-refractivity contribution is 6.06. The molecule has 0 aliphatic heterocycles. The molecule has 4 aromatic rings. The molecule has 0 atom stereocenters. The lowest BCUT2D eigenvalue weighted by molar-refractivity contribution is 0.0598. The standard InChI is InChI=1S/C21H19N3O6/c1-11-18-15(9-16(17-6-5-7-28-17)22-19(18)30-23-11)20(25)24(3)10-13-8-14(12(2)29-13)21(26)27-4/h5-9H,10H2,1-4H3. The summed E-state index contributed by atoms with van der Waals surface area (Å²) in [6, 6.07) is 6.71. The van der Waals surface area contributed by atoms with Gasteiger partial charge in [-0.25, -0.2) is 9.78 Å². The Kier molecular flexibility index (Phi) is 4.86. The molecule has 30 heavy (non-hydrogen) atoms. The molecule has 4 rings (SSSR count). The van der Waals surface area contributed by atoms with Crippen molar-refractivity contribution in [3.05, 3.63) is 58.9 Å². The molecule has 4 aromatic heterocycles. The topological polar surface area (TPSA) is 112 Å². The summed E-state index contributed by atoms with van der Waals surface area (Å²) in [6.07, 6.45) is 1.53. The van der Waals surface area contributed by atoms with Crippen LogP contribution in [0.15, 0.2) is 43.9 Å². The number of ether oxygens (including phenoxy) is 1. The van der Waals surface area contributed by atoms with E-state index in [2.05, 4.69) is 10.1 Å². The molecule has 0 N–H and O–H groups in total. The van der Waals surface area contributed by atoms with Crippen molar-refractivity contribution >= 4 is 23.0 Å². The van der Waals surface area contributed by atoms with Gasteiger partial charge in [-0.2, -0.15) is 0 Å². The third-order valence-corrected chi connectivity index (χ3v) is 4.73. The van der Waals surface area contributed by atoms with Crippen molar-refractivity contribution in [3.8, 4) is 11.5 Å². The molecule has 0 spiro atoms. The van der Waals surface area contributed by atoms with E-state index < -0.39 is 5.97 Å². The summed E-state index contributed by atoms with van der Waals surface area (Å²) in [6.45, 7) is 3.57. The van der Waals surface area contributed by atoms with Gasteiger partial charge in [-0.15, -0.1) is 0 Å². The lowest BCUT2D eigenvalue weighted by Gasteiger charge is -2.16. The number of rotatable bonds is 5. The van der Waals surface area contributed by atoms with Crippen molar-refractivity contribution in [1.82, 2.24) is 15.0 Å². The van der Waals surface area contributed by atoms with Gasteiger partial charge in [0.05, 0.1) is 36.6 Å². The van der Waals surface area contributed by atoms with Gasteiger partial charge in [0.2, 0.25) is 0 Å². The van der Waals surface area contributed by atoms with E-state index in [1.54, 1.807) is 45.2 Å². The minimum Gasteiger partial charge on any atom is -0.465 e. The van der Waals surface area contributed by atoms with E-state index in [1.165, 1.54) is 18.3 Å². The molecule has 9 heteroatoms. The molecule has 0 fully saturated rings. The molecule has 0 aromatic carbocycles. The van der Waals surface area contributed by atoms with E-state index in [0.29, 0.717) is 45.2 Å². The fourth-order valence-electron chi connectivity index (χ4n) is 3.26. The van der Waals surface area contributed by atoms with Gasteiger partial charge in [-0.1, -0.05) is 5.16 Å². The third-order valence-electron chi connectivity index (χ3n) is 4.73. The number of carbonyl (C=O) groups excluding carboxylic acids is 2. The Morgan fingerprint density at radius 3 is 2.70 bits per heavy atom. The summed E-state index contributed by atoms with van der Waals surface area (Å²) in [4.78, 5) is 31.0. The minimum absolute atomic E-state index is 0.154. The zero-order valence-corrected chi connectivity index (χ0v) is 16.9. The number of hydrogen-bond donors (Lipinski definition) is 0. The predicted octanol–water partition coefficient (Wildman–Crippen LogP) is 3.75. The van der Waals surface area contributed by atoms with Crippen molar-refractivity contribution < 1.29 is 27.7 Å². The van der Waals surface area contributed by atoms with Crippen LogP contribution in [0.25, 0.3) is 22.6 Å². The molecule has 0 saturated heterocycles. The highest BCUT2D eigenvalue weighted by Crippen LogP contribution is 2.28. The van der Waals surface area contributed by atoms with Gasteiger partial charge in [-0.05, 0) is 38.1 Å². The van der Waals surface area contributed by atoms with Gasteiger partial charge >= 0.3 is 5.97 Å². The normalized spacial score (nSPS) is 11.1. The number of fused-ring (bicyclic) bond motifs is 1. The summed E-state index contributed by atoms with van der Waals surface area (Å²) >= 11 is 0. The Bertz CT molecular complexity index is 1240. The van der Waals surface area contributed by atoms with Crippen LogP contribution in [-0.2, 0) is 11.3 Å². The van der Waals surface area contributed by atoms with E-state index >= 15 is 0 Å². The average Bonchev–Trinajstić information content (AvgIpc) is 3.47. The Morgan fingerprint density at radius 1 is 1.20 bits per heavy atom. The molecule has 9 nitrogen and oxygen atoms in total. The SMILES string of the molecule is COC(=O)c1cc(CN(C)C(=O)c2cc(-c3ccco3)nc3onc(C)c23)oc1C. The number of nitrogens with zero attached hydrogens (tertiary/aromatic N) is 3. The Labute approximate surface area is 171 Å². The largest absolute Gasteiger partial charge is 0.465 e. The first kappa shape index (κ1) is 19.4. The van der Waals surface area contributed by atoms with Crippen LogP contribution in [0.4, 0.5) is 0 Å². The van der Waals surface area contributed by atoms with E-state index in [1.807, 2.05) is 0 Å². The molecule has 0 aliphatic carbocycles. The van der Waals surface area contributed by atoms with Crippen molar-refractivity contribution in [2.45, 2.75) is 20.4 Å². The maximum Gasteiger partial charge on any atom is 0.341 e. The molecule has 0 bridgehead atoms. The lowest BCUT2D eigenvalue weighted by atomic mass is 10.1. The average molecular weight is 409 g/mol. The number of amides is 1. The second-order valence-electron chi connectivity index (χ2n) is 6.82. The van der Waals surface area contributed by atoms with E-state index in [0.717, 1.165) is 0 Å². The summed E-state index contributed by atoms with van der Waals surface area (Å²) < 4.78 is 21.1. The van der Waals surface area contributed by atoms with Crippen LogP contribution in [0, 0.1) is 13.8 Å². The van der Waals surface area contributed by atoms with Crippen molar-refractivity contribution in [2.75, 3.05) is 14.2 Å². The Hall–Kier alpha value is -3.88. The van der Waals surface area contributed by atoms with Crippen LogP contribution in [0.3, 0.4) is 0 Å². The first-order chi connectivity index (χ1) is 14.4. The van der Waals surface area contributed by atoms with Crippen LogP contribution in [0.1, 0.15) is 37.9 Å². The second kappa shape index (κ2) is 7.51. The van der Waals surface area contributed by atoms with Gasteiger partial charge < -0.3 is 23.0 Å². The van der Waals surface area contributed by atoms with Crippen LogP contribution >= 0.6 is 0 Å². The van der Waals surface area contributed by atoms with Crippen LogP contribution < -0.4 is 0 Å². The van der Waals surface area contributed by atoms with E-state index in [9.17, 15) is 9.59 Å². The van der Waals surface area contributed by atoms with Crippen LogP contribution in [-0.4, -0.2) is 41.1 Å². The number of furan rings is 2. The summed E-state index contributed by atoms with van der Waals surface area (Å²) in [5.41, 5.74) is 1.98. The fourth-order valence-corrected chi connectivity index (χ4v) is 3.26. The molecule has 154 valence electrons. The Balaban J connectivity index is 1.69. The first-order valence-corrected chi connectivity index (χ1v) is 9.13. The molecule has 0 aliphatic rings. The van der Waals surface area contributed by atoms with Gasteiger partial charge in [0, 0.05) is 7.05 Å². The van der Waals surface area contributed by atoms with Gasteiger partial charge in [0.25, 0.3) is 11.6 Å². The maximum absolute atomic E-state index is 13.3. The third kappa shape index (κ3) is 3.34. The van der Waals surface area contributed by atoms with Crippen molar-refractivity contribution in [3.63, 3.8) is 0 Å². The minimum atomic E-state index is -0.490. The number of carbonyl (C=O) groups is 2. The van der Waals surface area contributed by atoms with Crippen LogP contribution in [0.5, 0.6) is 0 Å². The van der Waals surface area contributed by atoms with Crippen LogP contribution in [0.2, 0.25) is 0 Å². The maximum atomic E-state index is 13.3. The molecular weight excluding hydrogens is 390 g/mol. The quantitative estimate of drug-likeness (QED) is 0.458. The molecule has 4 heterocycles. The number of aromatic nitrogens is 2. The van der Waals surface area contributed by atoms with Crippen molar-refractivity contribution in [1.29, 1.82) is 0 Å². The number of hydrogen-bond acceptors (Lipinski definition) is 8. The fraction of sp³-hybridized carbons (Fsp3) is 0.238. The highest BCUT2D eigenvalue weighted by atomic mass is 16.5. The zero-order valence-electron chi connectivity index (χ0n) is 16.9.